The highest BCUT2D eigenvalue weighted by Crippen LogP contribution is 2.18. The van der Waals surface area contributed by atoms with E-state index in [-0.39, 0.29) is 6.61 Å². The maximum absolute atomic E-state index is 8.55. The van der Waals surface area contributed by atoms with Gasteiger partial charge in [0.15, 0.2) is 0 Å². The molecule has 4 nitrogen and oxygen atoms in total. The van der Waals surface area contributed by atoms with Crippen molar-refractivity contribution in [2.45, 2.75) is 13.3 Å². The molecule has 0 aliphatic heterocycles. The van der Waals surface area contributed by atoms with Crippen LogP contribution in [0.1, 0.15) is 12.0 Å². The number of rotatable bonds is 7. The van der Waals surface area contributed by atoms with Gasteiger partial charge in [0, 0.05) is 12.2 Å². The highest BCUT2D eigenvalue weighted by Gasteiger charge is 1.97. The lowest BCUT2D eigenvalue weighted by atomic mass is 10.2. The molecule has 1 rings (SSSR count). The second-order valence-corrected chi connectivity index (χ2v) is 3.69. The number of aliphatic hydroxyl groups excluding tert-OH is 1. The molecule has 0 bridgehead atoms. The molecular formula is C12H20N2O2. The van der Waals surface area contributed by atoms with E-state index >= 15 is 0 Å². The molecule has 4 heteroatoms. The summed E-state index contributed by atoms with van der Waals surface area (Å²) in [5.74, 6) is 0.855. The smallest absolute Gasteiger partial charge is 0.119 e. The summed E-state index contributed by atoms with van der Waals surface area (Å²) < 4.78 is 5.56. The second-order valence-electron chi connectivity index (χ2n) is 3.69. The first-order valence-corrected chi connectivity index (χ1v) is 5.54. The van der Waals surface area contributed by atoms with Crippen molar-refractivity contribution < 1.29 is 9.84 Å². The van der Waals surface area contributed by atoms with Gasteiger partial charge in [-0.2, -0.15) is 0 Å². The van der Waals surface area contributed by atoms with Crippen LogP contribution in [0.5, 0.6) is 5.75 Å². The molecule has 0 unspecified atom stereocenters. The van der Waals surface area contributed by atoms with Gasteiger partial charge < -0.3 is 20.9 Å². The van der Waals surface area contributed by atoms with Crippen molar-refractivity contribution in [3.05, 3.63) is 23.8 Å². The van der Waals surface area contributed by atoms with Gasteiger partial charge >= 0.3 is 0 Å². The summed E-state index contributed by atoms with van der Waals surface area (Å²) in [6, 6.07) is 5.68. The van der Waals surface area contributed by atoms with E-state index in [4.69, 9.17) is 15.6 Å². The molecule has 4 N–H and O–H groups in total. The molecule has 0 aliphatic carbocycles. The number of hydrogen-bond acceptors (Lipinski definition) is 4. The monoisotopic (exact) mass is 224 g/mol. The van der Waals surface area contributed by atoms with E-state index in [9.17, 15) is 0 Å². The quantitative estimate of drug-likeness (QED) is 0.476. The van der Waals surface area contributed by atoms with Crippen molar-refractivity contribution >= 4 is 5.69 Å². The molecule has 0 atom stereocenters. The fraction of sp³-hybridized carbons (Fsp3) is 0.500. The number of hydrogen-bond donors (Lipinski definition) is 3. The number of nitrogens with two attached hydrogens (primary N) is 1. The number of benzene rings is 1. The first-order valence-electron chi connectivity index (χ1n) is 5.54. The first-order chi connectivity index (χ1) is 7.74. The number of aryl methyl sites for hydroxylation is 1. The summed E-state index contributed by atoms with van der Waals surface area (Å²) in [6.45, 7) is 4.31. The molecule has 0 spiro atoms. The molecule has 1 aromatic carbocycles. The van der Waals surface area contributed by atoms with Gasteiger partial charge in [0.2, 0.25) is 0 Å². The number of aliphatic hydroxyl groups is 1. The lowest BCUT2D eigenvalue weighted by Gasteiger charge is -2.08. The van der Waals surface area contributed by atoms with Crippen LogP contribution in [0, 0.1) is 6.92 Å². The van der Waals surface area contributed by atoms with Crippen LogP contribution in [-0.4, -0.2) is 31.4 Å². The number of nitrogen functional groups attached to an aromatic ring is 1. The zero-order valence-electron chi connectivity index (χ0n) is 9.70. The Morgan fingerprint density at radius 3 is 2.88 bits per heavy atom. The maximum atomic E-state index is 8.55. The zero-order chi connectivity index (χ0) is 11.8. The minimum absolute atomic E-state index is 0.179. The van der Waals surface area contributed by atoms with Gasteiger partial charge in [-0.05, 0) is 43.7 Å². The third-order valence-corrected chi connectivity index (χ3v) is 2.30. The minimum atomic E-state index is 0.179. The Balaban J connectivity index is 2.19. The number of nitrogens with one attached hydrogen (secondary N) is 1. The molecule has 0 fully saturated rings. The molecule has 90 valence electrons. The van der Waals surface area contributed by atoms with Gasteiger partial charge in [-0.15, -0.1) is 0 Å². The Kier molecular flexibility index (Phi) is 5.67. The van der Waals surface area contributed by atoms with E-state index < -0.39 is 0 Å². The highest BCUT2D eigenvalue weighted by atomic mass is 16.5. The third-order valence-electron chi connectivity index (χ3n) is 2.30. The Morgan fingerprint density at radius 2 is 2.19 bits per heavy atom. The standard InChI is InChI=1S/C12H20N2O2/c1-10-9-11(3-4-12(10)13)16-8-2-5-14-6-7-15/h3-4,9,14-15H,2,5-8,13H2,1H3. The Morgan fingerprint density at radius 1 is 1.38 bits per heavy atom. The topological polar surface area (TPSA) is 67.5 Å². The SMILES string of the molecule is Cc1cc(OCCCNCCO)ccc1N. The lowest BCUT2D eigenvalue weighted by molar-refractivity contribution is 0.282. The van der Waals surface area contributed by atoms with Crippen LogP contribution in [0.15, 0.2) is 18.2 Å². The molecule has 1 aromatic rings. The molecular weight excluding hydrogens is 204 g/mol. The predicted molar refractivity (Wildman–Crippen MR) is 65.7 cm³/mol. The summed E-state index contributed by atoms with van der Waals surface area (Å²) in [7, 11) is 0. The fourth-order valence-electron chi connectivity index (χ4n) is 1.33. The van der Waals surface area contributed by atoms with Crippen LogP contribution >= 0.6 is 0 Å². The third kappa shape index (κ3) is 4.51. The van der Waals surface area contributed by atoms with E-state index in [1.807, 2.05) is 25.1 Å². The van der Waals surface area contributed by atoms with E-state index in [0.29, 0.717) is 13.2 Å². The summed E-state index contributed by atoms with van der Waals surface area (Å²) in [5, 5.41) is 11.6. The molecule has 0 saturated carbocycles. The average Bonchev–Trinajstić information content (AvgIpc) is 2.28. The number of ether oxygens (including phenoxy) is 1. The Hall–Kier alpha value is -1.26. The summed E-state index contributed by atoms with van der Waals surface area (Å²) >= 11 is 0. The van der Waals surface area contributed by atoms with Gasteiger partial charge in [0.05, 0.1) is 13.2 Å². The van der Waals surface area contributed by atoms with E-state index in [1.165, 1.54) is 0 Å². The van der Waals surface area contributed by atoms with Crippen molar-refractivity contribution in [1.29, 1.82) is 0 Å². The van der Waals surface area contributed by atoms with Crippen LogP contribution in [0.2, 0.25) is 0 Å². The molecule has 0 heterocycles. The van der Waals surface area contributed by atoms with Crippen molar-refractivity contribution in [3.63, 3.8) is 0 Å². The predicted octanol–water partition coefficient (Wildman–Crippen LogP) is 0.928. The normalized spacial score (nSPS) is 10.4. The van der Waals surface area contributed by atoms with Gasteiger partial charge in [-0.3, -0.25) is 0 Å². The average molecular weight is 224 g/mol. The molecule has 0 amide bonds. The molecule has 0 radical (unpaired) electrons. The van der Waals surface area contributed by atoms with Gasteiger partial charge in [0.1, 0.15) is 5.75 Å². The molecule has 0 aromatic heterocycles. The first kappa shape index (κ1) is 12.8. The van der Waals surface area contributed by atoms with Gasteiger partial charge in [-0.25, -0.2) is 0 Å². The lowest BCUT2D eigenvalue weighted by Crippen LogP contribution is -2.20. The summed E-state index contributed by atoms with van der Waals surface area (Å²) in [6.07, 6.45) is 0.920. The molecule has 0 aliphatic rings. The van der Waals surface area contributed by atoms with Crippen molar-refractivity contribution in [3.8, 4) is 5.75 Å². The maximum Gasteiger partial charge on any atom is 0.119 e. The molecule has 16 heavy (non-hydrogen) atoms. The van der Waals surface area contributed by atoms with Crippen molar-refractivity contribution in [1.82, 2.24) is 5.32 Å². The Labute approximate surface area is 96.4 Å². The van der Waals surface area contributed by atoms with Crippen LogP contribution in [0.4, 0.5) is 5.69 Å². The number of anilines is 1. The highest BCUT2D eigenvalue weighted by molar-refractivity contribution is 5.49. The van der Waals surface area contributed by atoms with E-state index in [2.05, 4.69) is 5.32 Å². The van der Waals surface area contributed by atoms with Gasteiger partial charge in [-0.1, -0.05) is 0 Å². The Bertz CT molecular complexity index is 316. The van der Waals surface area contributed by atoms with Crippen LogP contribution in [0.25, 0.3) is 0 Å². The summed E-state index contributed by atoms with van der Waals surface area (Å²) in [4.78, 5) is 0. The van der Waals surface area contributed by atoms with Crippen molar-refractivity contribution in [2.75, 3.05) is 32.0 Å². The van der Waals surface area contributed by atoms with Gasteiger partial charge in [0.25, 0.3) is 0 Å². The zero-order valence-corrected chi connectivity index (χ0v) is 9.70. The second kappa shape index (κ2) is 7.09. The van der Waals surface area contributed by atoms with Crippen molar-refractivity contribution in [2.24, 2.45) is 0 Å². The van der Waals surface area contributed by atoms with Crippen LogP contribution in [-0.2, 0) is 0 Å². The molecule has 0 saturated heterocycles. The largest absolute Gasteiger partial charge is 0.494 e. The van der Waals surface area contributed by atoms with E-state index in [0.717, 1.165) is 30.0 Å². The van der Waals surface area contributed by atoms with Crippen LogP contribution in [0.3, 0.4) is 0 Å². The minimum Gasteiger partial charge on any atom is -0.494 e. The summed E-state index contributed by atoms with van der Waals surface area (Å²) in [5.41, 5.74) is 7.54. The van der Waals surface area contributed by atoms with Crippen LogP contribution < -0.4 is 15.8 Å². The fourth-order valence-corrected chi connectivity index (χ4v) is 1.33. The van der Waals surface area contributed by atoms with E-state index in [1.54, 1.807) is 0 Å².